The quantitative estimate of drug-likeness (QED) is 0.774. The third kappa shape index (κ3) is 4.33. The van der Waals surface area contributed by atoms with Gasteiger partial charge in [0.2, 0.25) is 0 Å². The molecule has 1 N–H and O–H groups in total. The van der Waals surface area contributed by atoms with E-state index in [-0.39, 0.29) is 6.61 Å². The van der Waals surface area contributed by atoms with Crippen molar-refractivity contribution in [3.05, 3.63) is 29.8 Å². The fraction of sp³-hybridized carbons (Fsp3) is 0.500. The summed E-state index contributed by atoms with van der Waals surface area (Å²) in [4.78, 5) is 0.367. The summed E-state index contributed by atoms with van der Waals surface area (Å²) in [7, 11) is -3.08. The summed E-state index contributed by atoms with van der Waals surface area (Å²) >= 11 is 0. The molecule has 1 aromatic carbocycles. The van der Waals surface area contributed by atoms with E-state index in [4.69, 9.17) is 5.11 Å². The lowest BCUT2D eigenvalue weighted by Crippen LogP contribution is -1.97. The second-order valence-corrected chi connectivity index (χ2v) is 5.97. The van der Waals surface area contributed by atoms with E-state index < -0.39 is 9.84 Å². The topological polar surface area (TPSA) is 54.4 Å². The van der Waals surface area contributed by atoms with Crippen molar-refractivity contribution in [2.45, 2.75) is 30.6 Å². The van der Waals surface area contributed by atoms with Crippen LogP contribution in [0.15, 0.2) is 29.2 Å². The highest BCUT2D eigenvalue weighted by molar-refractivity contribution is 7.90. The van der Waals surface area contributed by atoms with E-state index in [1.165, 1.54) is 6.26 Å². The highest BCUT2D eigenvalue weighted by atomic mass is 32.2. The second kappa shape index (κ2) is 6.01. The third-order valence-electron chi connectivity index (χ3n) is 2.48. The van der Waals surface area contributed by atoms with E-state index in [1.54, 1.807) is 12.1 Å². The molecule has 0 unspecified atom stereocenters. The van der Waals surface area contributed by atoms with E-state index in [2.05, 4.69) is 0 Å². The van der Waals surface area contributed by atoms with Crippen molar-refractivity contribution in [1.82, 2.24) is 0 Å². The predicted octanol–water partition coefficient (Wildman–Crippen LogP) is 1.80. The number of sulfone groups is 1. The average Bonchev–Trinajstić information content (AvgIpc) is 2.24. The molecule has 0 saturated heterocycles. The van der Waals surface area contributed by atoms with Crippen molar-refractivity contribution < 1.29 is 13.5 Å². The zero-order chi connectivity index (χ0) is 12.0. The summed E-state index contributed by atoms with van der Waals surface area (Å²) in [6, 6.07) is 7.01. The Morgan fingerprint density at radius 2 is 1.69 bits per heavy atom. The minimum absolute atomic E-state index is 0.243. The van der Waals surface area contributed by atoms with Gasteiger partial charge in [0.1, 0.15) is 0 Å². The van der Waals surface area contributed by atoms with E-state index in [0.717, 1.165) is 31.2 Å². The number of aliphatic hydroxyl groups excluding tert-OH is 1. The van der Waals surface area contributed by atoms with Gasteiger partial charge in [-0.15, -0.1) is 0 Å². The number of benzene rings is 1. The molecule has 0 atom stereocenters. The van der Waals surface area contributed by atoms with Crippen LogP contribution in [0.5, 0.6) is 0 Å². The van der Waals surface area contributed by atoms with Gasteiger partial charge in [-0.05, 0) is 37.0 Å². The number of rotatable bonds is 6. The van der Waals surface area contributed by atoms with Gasteiger partial charge in [0.05, 0.1) is 4.90 Å². The van der Waals surface area contributed by atoms with Gasteiger partial charge in [-0.25, -0.2) is 8.42 Å². The van der Waals surface area contributed by atoms with E-state index in [1.807, 2.05) is 12.1 Å². The molecule has 0 fully saturated rings. The number of aryl methyl sites for hydroxylation is 1. The van der Waals surface area contributed by atoms with Gasteiger partial charge >= 0.3 is 0 Å². The molecule has 0 aliphatic carbocycles. The lowest BCUT2D eigenvalue weighted by atomic mass is 10.1. The van der Waals surface area contributed by atoms with Crippen LogP contribution in [-0.4, -0.2) is 26.4 Å². The summed E-state index contributed by atoms with van der Waals surface area (Å²) in [5.41, 5.74) is 1.14. The molecule has 0 aliphatic heterocycles. The Hall–Kier alpha value is -0.870. The lowest BCUT2D eigenvalue weighted by Gasteiger charge is -2.02. The highest BCUT2D eigenvalue weighted by Gasteiger charge is 2.05. The molecule has 0 radical (unpaired) electrons. The van der Waals surface area contributed by atoms with Gasteiger partial charge in [-0.1, -0.05) is 18.6 Å². The highest BCUT2D eigenvalue weighted by Crippen LogP contribution is 2.12. The third-order valence-corrected chi connectivity index (χ3v) is 3.60. The molecule has 1 aromatic rings. The van der Waals surface area contributed by atoms with Gasteiger partial charge in [0.15, 0.2) is 9.84 Å². The molecular formula is C12H18O3S. The fourth-order valence-corrected chi connectivity index (χ4v) is 2.15. The molecule has 0 amide bonds. The maximum Gasteiger partial charge on any atom is 0.175 e. The summed E-state index contributed by atoms with van der Waals surface area (Å²) in [5, 5.41) is 8.62. The SMILES string of the molecule is CS(=O)(=O)c1ccc(CCCCCO)cc1. The first kappa shape index (κ1) is 13.2. The zero-order valence-electron chi connectivity index (χ0n) is 9.52. The Morgan fingerprint density at radius 1 is 1.06 bits per heavy atom. The monoisotopic (exact) mass is 242 g/mol. The smallest absolute Gasteiger partial charge is 0.175 e. The Balaban J connectivity index is 2.52. The van der Waals surface area contributed by atoms with Gasteiger partial charge in [-0.2, -0.15) is 0 Å². The summed E-state index contributed by atoms with van der Waals surface area (Å²) in [6.45, 7) is 0.243. The van der Waals surface area contributed by atoms with Gasteiger partial charge < -0.3 is 5.11 Å². The van der Waals surface area contributed by atoms with Crippen LogP contribution in [-0.2, 0) is 16.3 Å². The van der Waals surface area contributed by atoms with Gasteiger partial charge in [0.25, 0.3) is 0 Å². The number of unbranched alkanes of at least 4 members (excludes halogenated alkanes) is 2. The van der Waals surface area contributed by atoms with Crippen LogP contribution in [0.25, 0.3) is 0 Å². The van der Waals surface area contributed by atoms with Gasteiger partial charge in [0, 0.05) is 12.9 Å². The van der Waals surface area contributed by atoms with Crippen LogP contribution >= 0.6 is 0 Å². The summed E-state index contributed by atoms with van der Waals surface area (Å²) < 4.78 is 22.4. The maximum absolute atomic E-state index is 11.2. The number of aliphatic hydroxyl groups is 1. The second-order valence-electron chi connectivity index (χ2n) is 3.95. The van der Waals surface area contributed by atoms with Crippen molar-refractivity contribution in [3.8, 4) is 0 Å². The Morgan fingerprint density at radius 3 is 2.19 bits per heavy atom. The molecule has 0 bridgehead atoms. The summed E-state index contributed by atoms with van der Waals surface area (Å²) in [6.07, 6.45) is 5.01. The molecule has 0 aliphatic rings. The summed E-state index contributed by atoms with van der Waals surface area (Å²) in [5.74, 6) is 0. The predicted molar refractivity (Wildman–Crippen MR) is 64.2 cm³/mol. The molecule has 0 spiro atoms. The van der Waals surface area contributed by atoms with Crippen LogP contribution in [0.1, 0.15) is 24.8 Å². The molecule has 0 heterocycles. The van der Waals surface area contributed by atoms with Gasteiger partial charge in [-0.3, -0.25) is 0 Å². The van der Waals surface area contributed by atoms with Crippen LogP contribution in [0, 0.1) is 0 Å². The molecule has 16 heavy (non-hydrogen) atoms. The largest absolute Gasteiger partial charge is 0.396 e. The normalized spacial score (nSPS) is 11.6. The van der Waals surface area contributed by atoms with Crippen LogP contribution < -0.4 is 0 Å². The van der Waals surface area contributed by atoms with Crippen LogP contribution in [0.2, 0.25) is 0 Å². The molecule has 90 valence electrons. The first-order chi connectivity index (χ1) is 7.54. The van der Waals surface area contributed by atoms with Crippen molar-refractivity contribution in [3.63, 3.8) is 0 Å². The molecule has 0 saturated carbocycles. The molecule has 0 aromatic heterocycles. The maximum atomic E-state index is 11.2. The van der Waals surface area contributed by atoms with E-state index in [9.17, 15) is 8.42 Å². The Labute approximate surface area is 97.0 Å². The van der Waals surface area contributed by atoms with Crippen molar-refractivity contribution in [1.29, 1.82) is 0 Å². The number of hydrogen-bond donors (Lipinski definition) is 1. The molecule has 3 nitrogen and oxygen atoms in total. The first-order valence-electron chi connectivity index (χ1n) is 5.44. The van der Waals surface area contributed by atoms with E-state index in [0.29, 0.717) is 4.90 Å². The van der Waals surface area contributed by atoms with E-state index >= 15 is 0 Å². The van der Waals surface area contributed by atoms with Crippen LogP contribution in [0.4, 0.5) is 0 Å². The Kier molecular flexibility index (Phi) is 4.96. The lowest BCUT2D eigenvalue weighted by molar-refractivity contribution is 0.283. The van der Waals surface area contributed by atoms with Crippen molar-refractivity contribution >= 4 is 9.84 Å². The molecule has 1 rings (SSSR count). The molecule has 4 heteroatoms. The van der Waals surface area contributed by atoms with Crippen LogP contribution in [0.3, 0.4) is 0 Å². The Bertz CT molecular complexity index is 406. The zero-order valence-corrected chi connectivity index (χ0v) is 10.3. The van der Waals surface area contributed by atoms with Crippen molar-refractivity contribution in [2.75, 3.05) is 12.9 Å². The minimum atomic E-state index is -3.08. The fourth-order valence-electron chi connectivity index (χ4n) is 1.52. The van der Waals surface area contributed by atoms with Crippen molar-refractivity contribution in [2.24, 2.45) is 0 Å². The first-order valence-corrected chi connectivity index (χ1v) is 7.33. The number of hydrogen-bond acceptors (Lipinski definition) is 3. The molecular weight excluding hydrogens is 224 g/mol. The minimum Gasteiger partial charge on any atom is -0.396 e. The average molecular weight is 242 g/mol. The standard InChI is InChI=1S/C12H18O3S/c1-16(14,15)12-8-6-11(7-9-12)5-3-2-4-10-13/h6-9,13H,2-5,10H2,1H3.